The number of fused-ring (bicyclic) bond motifs is 4. The van der Waals surface area contributed by atoms with Crippen LogP contribution in [0.15, 0.2) is 340 Å². The van der Waals surface area contributed by atoms with Gasteiger partial charge in [0.05, 0.1) is 89.0 Å². The highest BCUT2D eigenvalue weighted by molar-refractivity contribution is 6.24. The van der Waals surface area contributed by atoms with Crippen LogP contribution in [-0.2, 0) is 71.1 Å². The van der Waals surface area contributed by atoms with Gasteiger partial charge >= 0.3 is 47.8 Å². The first-order valence-electron chi connectivity index (χ1n) is 47.2. The average Bonchev–Trinajstić information content (AvgIpc) is 1.74. The molecule has 752 valence electrons. The zero-order valence-electron chi connectivity index (χ0n) is 78.0. The molecule has 12 aromatic rings. The quantitative estimate of drug-likeness (QED) is 0.0248. The zero-order chi connectivity index (χ0) is 103. The molecule has 0 unspecified atom stereocenters. The van der Waals surface area contributed by atoms with Crippen LogP contribution >= 0.6 is 0 Å². The monoisotopic (exact) mass is 2020 g/mol. The number of aliphatic hydroxyl groups is 1. The summed E-state index contributed by atoms with van der Waals surface area (Å²) in [5.41, 5.74) is -4.01. The Morgan fingerprint density at radius 3 is 0.631 bits per heavy atom. The number of alkyl halides is 1. The summed E-state index contributed by atoms with van der Waals surface area (Å²) in [6.45, 7) is -4.63. The largest absolute Gasteiger partial charge is 0.459 e. The van der Waals surface area contributed by atoms with Crippen LogP contribution in [0.1, 0.15) is 166 Å². The van der Waals surface area contributed by atoms with E-state index in [0.29, 0.717) is 19.6 Å². The van der Waals surface area contributed by atoms with Crippen LogP contribution in [0.5, 0.6) is 0 Å². The predicted molar refractivity (Wildman–Crippen MR) is 509 cm³/mol. The molecular weight excluding hydrogens is 1930 g/mol. The first-order chi connectivity index (χ1) is 72.4. The Labute approximate surface area is 845 Å². The Morgan fingerprint density at radius 1 is 0.221 bits per heavy atom. The number of amides is 8. The molecule has 0 radical (unpaired) electrons. The molecule has 12 aromatic carbocycles. The van der Waals surface area contributed by atoms with Gasteiger partial charge in [-0.15, -0.1) is 0 Å². The number of hydrogen-bond donors (Lipinski definition) is 1. The highest BCUT2D eigenvalue weighted by atomic mass is 19.1. The predicted octanol–water partition coefficient (Wildman–Crippen LogP) is 11.4. The second kappa shape index (κ2) is 43.1. The number of ether oxygens (including phenoxy) is 15. The van der Waals surface area contributed by atoms with Crippen LogP contribution in [0.2, 0.25) is 0 Å². The lowest BCUT2D eigenvalue weighted by Gasteiger charge is -2.53. The Balaban J connectivity index is 0.802. The van der Waals surface area contributed by atoms with Crippen molar-refractivity contribution < 1.29 is 157 Å². The minimum absolute atomic E-state index is 0.0317. The summed E-state index contributed by atoms with van der Waals surface area (Å²) in [7, 11) is 0. The first kappa shape index (κ1) is 98.9. The van der Waals surface area contributed by atoms with Crippen molar-refractivity contribution in [1.82, 2.24) is 19.6 Å². The third-order valence-corrected chi connectivity index (χ3v) is 26.4. The van der Waals surface area contributed by atoms with E-state index < -0.39 is 244 Å². The second-order valence-corrected chi connectivity index (χ2v) is 35.3. The molecule has 8 heterocycles. The van der Waals surface area contributed by atoms with E-state index in [1.54, 1.807) is 30.3 Å². The van der Waals surface area contributed by atoms with E-state index in [9.17, 15) is 14.7 Å². The number of aliphatic hydroxyl groups excluding tert-OH is 1. The zero-order valence-corrected chi connectivity index (χ0v) is 78.0. The number of benzene rings is 12. The van der Waals surface area contributed by atoms with Gasteiger partial charge in [0, 0.05) is 0 Å². The van der Waals surface area contributed by atoms with Gasteiger partial charge in [-0.1, -0.05) is 194 Å². The van der Waals surface area contributed by atoms with Crippen molar-refractivity contribution in [3.8, 4) is 0 Å². The SMILES string of the molecule is O=C(OC[C@H]1O[C@@H](O[C@H]2[C@H](OC(=O)c3ccccc3)[C@@H](N3C(=O)c4ccccc4C3=O)[C@H](O[C@H]3[C@H](OC(=O)c4ccccc4)[C@@H](N4C(=O)c5ccccc5C4=O)[C@H](O[C@H]4[C@H](OC(=O)c5ccccc5)[C@@H](N5C(=O)c6ccccc6C5=O)[C@H](F)O[C@@H]4COC(=O)c4ccccc4)O[C@@H]3COC(=O)c3ccccc3)O[C@@H]2COC(=O)c2ccccc2)[C@H](N2C(=O)c3ccccc3C2=O)[C@@H](OC(=O)c2ccccc2)[C@@H]1O)c1ccccc1. The molecule has 149 heavy (non-hydrogen) atoms. The second-order valence-electron chi connectivity index (χ2n) is 35.3. The van der Waals surface area contributed by atoms with Crippen LogP contribution < -0.4 is 0 Å². The summed E-state index contributed by atoms with van der Waals surface area (Å²) in [4.78, 5) is 251. The van der Waals surface area contributed by atoms with E-state index in [4.69, 9.17) is 71.1 Å². The van der Waals surface area contributed by atoms with E-state index in [1.165, 1.54) is 309 Å². The van der Waals surface area contributed by atoms with E-state index in [1.807, 2.05) is 0 Å². The lowest BCUT2D eigenvalue weighted by molar-refractivity contribution is -0.367. The van der Waals surface area contributed by atoms with Gasteiger partial charge in [-0.25, -0.2) is 42.7 Å². The molecule has 1 N–H and O–H groups in total. The topological polar surface area (TPSA) is 445 Å². The summed E-state index contributed by atoms with van der Waals surface area (Å²) >= 11 is 0. The van der Waals surface area contributed by atoms with E-state index in [0.717, 1.165) is 0 Å². The van der Waals surface area contributed by atoms with Gasteiger partial charge in [0.2, 0.25) is 6.36 Å². The van der Waals surface area contributed by atoms with Gasteiger partial charge in [0.1, 0.15) is 99.4 Å². The number of nitrogens with zero attached hydrogens (tertiary/aromatic N) is 4. The summed E-state index contributed by atoms with van der Waals surface area (Å²) in [6, 6.07) is 68.2. The summed E-state index contributed by atoms with van der Waals surface area (Å²) in [5.74, 6) is -19.4. The van der Waals surface area contributed by atoms with Crippen LogP contribution in [0, 0.1) is 0 Å². The van der Waals surface area contributed by atoms with E-state index in [-0.39, 0.29) is 89.0 Å². The maximum absolute atomic E-state index is 18.6. The number of carbonyl (C=O) groups excluding carboxylic acids is 16. The minimum atomic E-state index is -2.97. The summed E-state index contributed by atoms with van der Waals surface area (Å²) < 4.78 is 120. The van der Waals surface area contributed by atoms with Gasteiger partial charge in [0.15, 0.2) is 43.3 Å². The summed E-state index contributed by atoms with van der Waals surface area (Å²) in [6.07, 6.45) is -39.7. The third-order valence-electron chi connectivity index (χ3n) is 26.4. The lowest BCUT2D eigenvalue weighted by atomic mass is 9.91. The molecular formula is C112H85FN4O32. The number of halogens is 1. The molecule has 0 aromatic heterocycles. The minimum Gasteiger partial charge on any atom is -0.459 e. The van der Waals surface area contributed by atoms with Crippen LogP contribution in [0.4, 0.5) is 4.39 Å². The van der Waals surface area contributed by atoms with Crippen molar-refractivity contribution in [2.45, 2.75) is 123 Å². The Hall–Kier alpha value is -17.4. The number of carbonyl (C=O) groups is 16. The highest BCUT2D eigenvalue weighted by Crippen LogP contribution is 2.47. The molecule has 36 nitrogen and oxygen atoms in total. The van der Waals surface area contributed by atoms with E-state index in [2.05, 4.69) is 0 Å². The number of esters is 8. The molecule has 20 rings (SSSR count). The van der Waals surface area contributed by atoms with Crippen molar-refractivity contribution >= 4 is 95.0 Å². The third kappa shape index (κ3) is 19.8. The smallest absolute Gasteiger partial charge is 0.338 e. The highest BCUT2D eigenvalue weighted by Gasteiger charge is 2.67. The molecule has 8 aliphatic heterocycles. The maximum Gasteiger partial charge on any atom is 0.338 e. The molecule has 0 spiro atoms. The molecule has 37 heteroatoms. The van der Waals surface area contributed by atoms with Crippen molar-refractivity contribution in [1.29, 1.82) is 0 Å². The van der Waals surface area contributed by atoms with Crippen molar-refractivity contribution in [3.05, 3.63) is 429 Å². The fourth-order valence-corrected chi connectivity index (χ4v) is 19.3. The normalized spacial score (nSPS) is 25.2. The molecule has 4 saturated heterocycles. The Bertz CT molecular complexity index is 7050. The molecule has 8 aliphatic rings. The fourth-order valence-electron chi connectivity index (χ4n) is 19.3. The van der Waals surface area contributed by atoms with Crippen LogP contribution in [0.25, 0.3) is 0 Å². The number of hydrogen-bond acceptors (Lipinski definition) is 32. The summed E-state index contributed by atoms with van der Waals surface area (Å²) in [5, 5.41) is 13.2. The van der Waals surface area contributed by atoms with Gasteiger partial charge < -0.3 is 76.2 Å². The van der Waals surface area contributed by atoms with Gasteiger partial charge in [-0.05, 0) is 146 Å². The molecule has 0 bridgehead atoms. The van der Waals surface area contributed by atoms with Crippen molar-refractivity contribution in [3.63, 3.8) is 0 Å². The number of rotatable bonds is 30. The first-order valence-corrected chi connectivity index (χ1v) is 47.2. The van der Waals surface area contributed by atoms with Crippen LogP contribution in [-0.4, -0.2) is 269 Å². The molecule has 0 aliphatic carbocycles. The Morgan fingerprint density at radius 2 is 0.396 bits per heavy atom. The fraction of sp³-hybridized carbons (Fsp3) is 0.214. The Kier molecular flexibility index (Phi) is 28.6. The standard InChI is InChI=1S/C112H85FN4O32/c113-93-81(114-94(119)69-49-25-26-50-70(69)95(114)120)90(144-107(132)66-43-19-6-20-44-66)86(78(139-93)58-136-103(128)62-35-11-2-12-36-62)147-111-83(116-98(123)73-53-29-30-54-74(73)99(116)124)92(146-109(134)68-47-23-8-24-48-68)88(80(141-111)60-138-105(130)64-39-15-4-16-40-64)149-112-84(117-100(125)75-55-31-32-56-76(75)101(117)126)91(145-108(133)67-45-21-7-22-46-67)87(79(142-112)59-137-104(129)63-37-13-3-14-38-63)148-110-82(115-96(121)71-51-27-28-52-72(71)97(115)122)89(143-106(131)65-41-17-5-18-42-65)85(118)77(140-110)57-135-102(127)61-33-9-1-10-34-61/h1-56,77-93,110-112,118H,57-60H2/t77-,78-,79-,80-,81-,82-,83-,84-,85-,86-,87-,88-,89-,90-,91-,92-,93-,110+,111+,112+/m1/s1. The maximum atomic E-state index is 18.6. The molecule has 4 fully saturated rings. The van der Waals surface area contributed by atoms with Crippen molar-refractivity contribution in [2.75, 3.05) is 26.4 Å². The lowest BCUT2D eigenvalue weighted by Crippen LogP contribution is -2.73. The molecule has 0 saturated carbocycles. The van der Waals surface area contributed by atoms with Gasteiger partial charge in [0.25, 0.3) is 47.3 Å². The van der Waals surface area contributed by atoms with E-state index >= 15 is 71.5 Å². The van der Waals surface area contributed by atoms with Gasteiger partial charge in [-0.2, -0.15) is 0 Å². The van der Waals surface area contributed by atoms with Crippen molar-refractivity contribution in [2.24, 2.45) is 0 Å². The average molecular weight is 2020 g/mol. The molecule has 20 atom stereocenters. The number of imide groups is 4. The van der Waals surface area contributed by atoms with Crippen LogP contribution in [0.3, 0.4) is 0 Å². The van der Waals surface area contributed by atoms with Gasteiger partial charge in [-0.3, -0.25) is 58.0 Å². The molecule has 8 amide bonds.